The van der Waals surface area contributed by atoms with Gasteiger partial charge >= 0.3 is 7.12 Å². The van der Waals surface area contributed by atoms with Crippen LogP contribution in [0.25, 0.3) is 5.69 Å². The molecular weight excluding hydrogens is 327 g/mol. The molecule has 0 spiro atoms. The number of methoxy groups -OCH3 is 1. The molecule has 1 aliphatic heterocycles. The van der Waals surface area contributed by atoms with Crippen molar-refractivity contribution in [1.82, 2.24) is 9.78 Å². The van der Waals surface area contributed by atoms with Crippen LogP contribution < -0.4 is 10.3 Å². The van der Waals surface area contributed by atoms with Crippen LogP contribution in [0.1, 0.15) is 53.0 Å². The van der Waals surface area contributed by atoms with Crippen LogP contribution in [0, 0.1) is 0 Å². The molecule has 0 radical (unpaired) electrons. The van der Waals surface area contributed by atoms with Crippen LogP contribution in [-0.4, -0.2) is 35.2 Å². The Hall–Kier alpha value is -1.79. The second-order valence-corrected chi connectivity index (χ2v) is 7.87. The van der Waals surface area contributed by atoms with E-state index in [4.69, 9.17) is 19.1 Å². The van der Waals surface area contributed by atoms with Crippen molar-refractivity contribution >= 4 is 12.7 Å². The van der Waals surface area contributed by atoms with Gasteiger partial charge in [-0.2, -0.15) is 5.10 Å². The van der Waals surface area contributed by atoms with Gasteiger partial charge < -0.3 is 14.0 Å². The summed E-state index contributed by atoms with van der Waals surface area (Å²) in [5.41, 5.74) is 2.31. The summed E-state index contributed by atoms with van der Waals surface area (Å²) in [5, 5.41) is 4.83. The molecule has 3 rings (SSSR count). The van der Waals surface area contributed by atoms with Crippen LogP contribution in [0.3, 0.4) is 0 Å². The lowest BCUT2D eigenvalue weighted by atomic mass is 9.81. The van der Waals surface area contributed by atoms with Crippen LogP contribution in [-0.2, 0) is 15.7 Å². The number of rotatable bonds is 6. The minimum atomic E-state index is -0.439. The molecule has 5 nitrogen and oxygen atoms in total. The summed E-state index contributed by atoms with van der Waals surface area (Å²) in [4.78, 5) is 0. The summed E-state index contributed by atoms with van der Waals surface area (Å²) in [7, 11) is 1.23. The fourth-order valence-electron chi connectivity index (χ4n) is 3.00. The molecule has 2 heterocycles. The molecule has 0 N–H and O–H groups in total. The van der Waals surface area contributed by atoms with Crippen molar-refractivity contribution in [3.63, 3.8) is 0 Å². The molecular formula is C20H29BN2O3. The smallest absolute Gasteiger partial charge is 0.497 e. The van der Waals surface area contributed by atoms with E-state index in [1.165, 1.54) is 5.56 Å². The van der Waals surface area contributed by atoms with Gasteiger partial charge in [0.05, 0.1) is 29.6 Å². The standard InChI is InChI=1S/C20H29BN2O3/c1-7-8-9-15-14-23(16-10-12-17(24-6)13-11-16)22-18(15)21-25-19(2,3)20(4,5)26-21/h10-14H,7-9H2,1-6H3. The van der Waals surface area contributed by atoms with Gasteiger partial charge in [-0.05, 0) is 70.4 Å². The summed E-state index contributed by atoms with van der Waals surface area (Å²) < 4.78 is 19.6. The third-order valence-corrected chi connectivity index (χ3v) is 5.44. The zero-order valence-corrected chi connectivity index (χ0v) is 16.7. The maximum absolute atomic E-state index is 6.24. The molecule has 1 aromatic carbocycles. The molecule has 26 heavy (non-hydrogen) atoms. The van der Waals surface area contributed by atoms with Crippen LogP contribution >= 0.6 is 0 Å². The highest BCUT2D eigenvalue weighted by Gasteiger charge is 2.53. The maximum atomic E-state index is 6.24. The molecule has 0 bridgehead atoms. The molecule has 0 atom stereocenters. The average Bonchev–Trinajstić information content (AvgIpc) is 3.11. The van der Waals surface area contributed by atoms with E-state index in [1.54, 1.807) is 7.11 Å². The Morgan fingerprint density at radius 3 is 2.23 bits per heavy atom. The first-order valence-corrected chi connectivity index (χ1v) is 9.36. The van der Waals surface area contributed by atoms with Gasteiger partial charge in [0.25, 0.3) is 0 Å². The fourth-order valence-corrected chi connectivity index (χ4v) is 3.00. The number of unbranched alkanes of at least 4 members (excludes halogenated alkanes) is 1. The lowest BCUT2D eigenvalue weighted by Gasteiger charge is -2.32. The summed E-state index contributed by atoms with van der Waals surface area (Å²) in [6, 6.07) is 7.89. The van der Waals surface area contributed by atoms with Gasteiger partial charge in [-0.15, -0.1) is 0 Å². The van der Waals surface area contributed by atoms with E-state index in [-0.39, 0.29) is 11.2 Å². The third-order valence-electron chi connectivity index (χ3n) is 5.44. The zero-order chi connectivity index (χ0) is 18.9. The summed E-state index contributed by atoms with van der Waals surface area (Å²) in [6.45, 7) is 10.5. The van der Waals surface area contributed by atoms with Crippen molar-refractivity contribution in [3.8, 4) is 11.4 Å². The molecule has 1 fully saturated rings. The minimum Gasteiger partial charge on any atom is -0.497 e. The number of hydrogen-bond acceptors (Lipinski definition) is 4. The molecule has 0 amide bonds. The van der Waals surface area contributed by atoms with E-state index in [0.29, 0.717) is 0 Å². The second-order valence-electron chi connectivity index (χ2n) is 7.87. The van der Waals surface area contributed by atoms with Crippen LogP contribution in [0.4, 0.5) is 0 Å². The molecule has 1 aliphatic rings. The number of nitrogens with zero attached hydrogens (tertiary/aromatic N) is 2. The number of aryl methyl sites for hydroxylation is 1. The maximum Gasteiger partial charge on any atom is 0.516 e. The van der Waals surface area contributed by atoms with E-state index in [0.717, 1.165) is 36.3 Å². The van der Waals surface area contributed by atoms with Crippen LogP contribution in [0.5, 0.6) is 5.75 Å². The van der Waals surface area contributed by atoms with Crippen molar-refractivity contribution < 1.29 is 14.0 Å². The SMILES string of the molecule is CCCCc1cn(-c2ccc(OC)cc2)nc1B1OC(C)(C)C(C)(C)O1. The van der Waals surface area contributed by atoms with Crippen LogP contribution in [0.15, 0.2) is 30.5 Å². The third kappa shape index (κ3) is 3.53. The normalized spacial score (nSPS) is 18.3. The average molecular weight is 356 g/mol. The van der Waals surface area contributed by atoms with E-state index in [1.807, 2.05) is 28.9 Å². The van der Waals surface area contributed by atoms with E-state index < -0.39 is 7.12 Å². The molecule has 2 aromatic rings. The molecule has 1 saturated heterocycles. The number of benzene rings is 1. The van der Waals surface area contributed by atoms with E-state index in [9.17, 15) is 0 Å². The van der Waals surface area contributed by atoms with Crippen molar-refractivity contribution in [2.75, 3.05) is 7.11 Å². The Morgan fingerprint density at radius 2 is 1.69 bits per heavy atom. The highest BCUT2D eigenvalue weighted by atomic mass is 16.7. The molecule has 6 heteroatoms. The molecule has 0 aliphatic carbocycles. The van der Waals surface area contributed by atoms with Gasteiger partial charge in [-0.3, -0.25) is 0 Å². The predicted octanol–water partition coefficient (Wildman–Crippen LogP) is 3.52. The summed E-state index contributed by atoms with van der Waals surface area (Å²) in [6.07, 6.45) is 5.31. The topological polar surface area (TPSA) is 45.5 Å². The Labute approximate surface area is 156 Å². The Bertz CT molecular complexity index is 737. The second kappa shape index (κ2) is 7.08. The first-order chi connectivity index (χ1) is 12.3. The van der Waals surface area contributed by atoms with Crippen molar-refractivity contribution in [1.29, 1.82) is 0 Å². The van der Waals surface area contributed by atoms with Crippen molar-refractivity contribution in [2.24, 2.45) is 0 Å². The first kappa shape index (κ1) is 19.0. The fraction of sp³-hybridized carbons (Fsp3) is 0.550. The number of aromatic nitrogens is 2. The zero-order valence-electron chi connectivity index (χ0n) is 16.7. The number of ether oxygens (including phenoxy) is 1. The molecule has 1 aromatic heterocycles. The van der Waals surface area contributed by atoms with Gasteiger partial charge in [-0.25, -0.2) is 4.68 Å². The van der Waals surface area contributed by atoms with Crippen LogP contribution in [0.2, 0.25) is 0 Å². The monoisotopic (exact) mass is 356 g/mol. The summed E-state index contributed by atoms with van der Waals surface area (Å²) >= 11 is 0. The quantitative estimate of drug-likeness (QED) is 0.743. The van der Waals surface area contributed by atoms with E-state index in [2.05, 4.69) is 40.8 Å². The largest absolute Gasteiger partial charge is 0.516 e. The molecule has 0 unspecified atom stereocenters. The van der Waals surface area contributed by atoms with Crippen molar-refractivity contribution in [3.05, 3.63) is 36.0 Å². The van der Waals surface area contributed by atoms with Crippen molar-refractivity contribution in [2.45, 2.75) is 65.1 Å². The lowest BCUT2D eigenvalue weighted by molar-refractivity contribution is 0.00578. The number of hydrogen-bond donors (Lipinski definition) is 0. The van der Waals surface area contributed by atoms with Gasteiger partial charge in [0.1, 0.15) is 5.75 Å². The lowest BCUT2D eigenvalue weighted by Crippen LogP contribution is -2.41. The first-order valence-electron chi connectivity index (χ1n) is 9.36. The Balaban J connectivity index is 1.94. The molecule has 0 saturated carbocycles. The highest BCUT2D eigenvalue weighted by Crippen LogP contribution is 2.36. The summed E-state index contributed by atoms with van der Waals surface area (Å²) in [5.74, 6) is 0.832. The Morgan fingerprint density at radius 1 is 1.08 bits per heavy atom. The van der Waals surface area contributed by atoms with Gasteiger partial charge in [0.15, 0.2) is 0 Å². The van der Waals surface area contributed by atoms with Gasteiger partial charge in [-0.1, -0.05) is 13.3 Å². The minimum absolute atomic E-state index is 0.371. The van der Waals surface area contributed by atoms with Gasteiger partial charge in [0, 0.05) is 6.20 Å². The van der Waals surface area contributed by atoms with E-state index >= 15 is 0 Å². The van der Waals surface area contributed by atoms with Gasteiger partial charge in [0.2, 0.25) is 0 Å². The highest BCUT2D eigenvalue weighted by molar-refractivity contribution is 6.61. The Kier molecular flexibility index (Phi) is 5.17. The molecule has 140 valence electrons. The predicted molar refractivity (Wildman–Crippen MR) is 104 cm³/mol.